The van der Waals surface area contributed by atoms with Gasteiger partial charge in [-0.2, -0.15) is 5.10 Å². The normalized spacial score (nSPS) is 12.7. The van der Waals surface area contributed by atoms with E-state index >= 15 is 0 Å². The fourth-order valence-electron chi connectivity index (χ4n) is 2.35. The maximum Gasteiger partial charge on any atom is 0.161 e. The molecule has 0 aliphatic carbocycles. The van der Waals surface area contributed by atoms with Crippen molar-refractivity contribution >= 4 is 22.6 Å². The fourth-order valence-corrected chi connectivity index (χ4v) is 3.05. The molecule has 108 valence electrons. The van der Waals surface area contributed by atoms with Gasteiger partial charge in [0.1, 0.15) is 5.69 Å². The van der Waals surface area contributed by atoms with Gasteiger partial charge in [-0.3, -0.25) is 4.68 Å². The third-order valence-electron chi connectivity index (χ3n) is 3.29. The van der Waals surface area contributed by atoms with E-state index < -0.39 is 0 Å². The highest BCUT2D eigenvalue weighted by atomic mass is 127. The second-order valence-corrected chi connectivity index (χ2v) is 6.04. The number of ether oxygens (including phenoxy) is 1. The molecule has 5 heteroatoms. The van der Waals surface area contributed by atoms with Crippen molar-refractivity contribution in [1.29, 1.82) is 0 Å². The van der Waals surface area contributed by atoms with Gasteiger partial charge in [-0.25, -0.2) is 0 Å². The van der Waals surface area contributed by atoms with Crippen LogP contribution >= 0.6 is 22.6 Å². The van der Waals surface area contributed by atoms with E-state index in [1.54, 1.807) is 13.3 Å². The van der Waals surface area contributed by atoms with Crippen LogP contribution in [-0.2, 0) is 0 Å². The Morgan fingerprint density at radius 1 is 1.30 bits per heavy atom. The first kappa shape index (κ1) is 15.3. The second-order valence-electron chi connectivity index (χ2n) is 4.88. The monoisotopic (exact) mass is 385 g/mol. The molecule has 0 bridgehead atoms. The first-order chi connectivity index (χ1) is 9.60. The molecule has 0 saturated carbocycles. The molecule has 2 aromatic rings. The van der Waals surface area contributed by atoms with E-state index in [1.165, 1.54) is 9.13 Å². The summed E-state index contributed by atoms with van der Waals surface area (Å²) in [5.74, 6) is 0.817. The zero-order chi connectivity index (χ0) is 14.7. The number of hydrogen-bond donors (Lipinski definition) is 1. The van der Waals surface area contributed by atoms with Gasteiger partial charge < -0.3 is 10.1 Å². The van der Waals surface area contributed by atoms with Gasteiger partial charge in [0.05, 0.1) is 19.3 Å². The molecule has 1 aromatic heterocycles. The quantitative estimate of drug-likeness (QED) is 0.803. The lowest BCUT2D eigenvalue weighted by Crippen LogP contribution is -2.23. The van der Waals surface area contributed by atoms with Gasteiger partial charge in [-0.1, -0.05) is 18.2 Å². The van der Waals surface area contributed by atoms with Crippen molar-refractivity contribution in [2.45, 2.75) is 25.9 Å². The molecule has 0 spiro atoms. The van der Waals surface area contributed by atoms with E-state index in [4.69, 9.17) is 4.74 Å². The van der Waals surface area contributed by atoms with Crippen LogP contribution in [0.3, 0.4) is 0 Å². The van der Waals surface area contributed by atoms with E-state index in [2.05, 4.69) is 71.1 Å². The van der Waals surface area contributed by atoms with Gasteiger partial charge in [0, 0.05) is 9.61 Å². The topological polar surface area (TPSA) is 39.1 Å². The zero-order valence-corrected chi connectivity index (χ0v) is 14.4. The molecule has 4 nitrogen and oxygen atoms in total. The van der Waals surface area contributed by atoms with Gasteiger partial charge in [0.15, 0.2) is 5.75 Å². The number of nitrogens with zero attached hydrogens (tertiary/aromatic N) is 2. The summed E-state index contributed by atoms with van der Waals surface area (Å²) in [7, 11) is 3.65. The summed E-state index contributed by atoms with van der Waals surface area (Å²) in [6.07, 6.45) is 1.79. The molecule has 0 aliphatic rings. The molecule has 2 rings (SSSR count). The van der Waals surface area contributed by atoms with Crippen molar-refractivity contribution < 1.29 is 4.74 Å². The highest BCUT2D eigenvalue weighted by Gasteiger charge is 2.24. The summed E-state index contributed by atoms with van der Waals surface area (Å²) in [6.45, 7) is 4.25. The molecule has 1 atom stereocenters. The highest BCUT2D eigenvalue weighted by molar-refractivity contribution is 14.1. The lowest BCUT2D eigenvalue weighted by molar-refractivity contribution is 0.396. The van der Waals surface area contributed by atoms with E-state index in [1.807, 2.05) is 11.7 Å². The number of aromatic nitrogens is 2. The Morgan fingerprint density at radius 3 is 2.55 bits per heavy atom. The maximum absolute atomic E-state index is 5.49. The minimum Gasteiger partial charge on any atom is -0.493 e. The van der Waals surface area contributed by atoms with Crippen LogP contribution in [0.4, 0.5) is 0 Å². The Hall–Kier alpha value is -1.08. The van der Waals surface area contributed by atoms with Crippen LogP contribution < -0.4 is 10.1 Å². The highest BCUT2D eigenvalue weighted by Crippen LogP contribution is 2.33. The van der Waals surface area contributed by atoms with E-state index in [0.717, 1.165) is 11.4 Å². The molecule has 0 aliphatic heterocycles. The van der Waals surface area contributed by atoms with Crippen molar-refractivity contribution in [3.63, 3.8) is 0 Å². The number of benzene rings is 1. The lowest BCUT2D eigenvalue weighted by atomic mass is 10.0. The summed E-state index contributed by atoms with van der Waals surface area (Å²) < 4.78 is 8.74. The average Bonchev–Trinajstić information content (AvgIpc) is 2.86. The Bertz CT molecular complexity index is 580. The van der Waals surface area contributed by atoms with Crippen LogP contribution in [0.5, 0.6) is 5.75 Å². The summed E-state index contributed by atoms with van der Waals surface area (Å²) in [5, 5.41) is 7.85. The number of rotatable bonds is 5. The first-order valence-corrected chi connectivity index (χ1v) is 7.71. The van der Waals surface area contributed by atoms with E-state index in [9.17, 15) is 0 Å². The first-order valence-electron chi connectivity index (χ1n) is 6.63. The van der Waals surface area contributed by atoms with Crippen LogP contribution in [0.1, 0.15) is 37.2 Å². The van der Waals surface area contributed by atoms with Crippen molar-refractivity contribution in [2.75, 3.05) is 14.2 Å². The minimum atomic E-state index is 0.0583. The number of hydrogen-bond acceptors (Lipinski definition) is 3. The van der Waals surface area contributed by atoms with Crippen LogP contribution in [0.25, 0.3) is 0 Å². The Morgan fingerprint density at radius 2 is 2.00 bits per heavy atom. The lowest BCUT2D eigenvalue weighted by Gasteiger charge is -2.22. The molecule has 0 radical (unpaired) electrons. The van der Waals surface area contributed by atoms with Gasteiger partial charge >= 0.3 is 0 Å². The van der Waals surface area contributed by atoms with Crippen molar-refractivity contribution in [3.8, 4) is 5.75 Å². The van der Waals surface area contributed by atoms with E-state index in [-0.39, 0.29) is 12.1 Å². The van der Waals surface area contributed by atoms with Crippen LogP contribution in [0.2, 0.25) is 0 Å². The van der Waals surface area contributed by atoms with Gasteiger partial charge in [0.25, 0.3) is 0 Å². The SMILES string of the molecule is CNC(c1ccccc1I)c1c(OC)cnn1C(C)C. The zero-order valence-electron chi connectivity index (χ0n) is 12.2. The molecular weight excluding hydrogens is 365 g/mol. The second kappa shape index (κ2) is 6.58. The predicted octanol–water partition coefficient (Wildman–Crippen LogP) is 3.39. The molecule has 0 fully saturated rings. The predicted molar refractivity (Wildman–Crippen MR) is 89.2 cm³/mol. The summed E-state index contributed by atoms with van der Waals surface area (Å²) in [4.78, 5) is 0. The van der Waals surface area contributed by atoms with Crippen LogP contribution in [-0.4, -0.2) is 23.9 Å². The molecule has 1 aromatic carbocycles. The molecule has 0 saturated heterocycles. The molecule has 20 heavy (non-hydrogen) atoms. The Labute approximate surface area is 133 Å². The Kier molecular flexibility index (Phi) is 5.04. The fraction of sp³-hybridized carbons (Fsp3) is 0.400. The number of nitrogens with one attached hydrogen (secondary N) is 1. The third-order valence-corrected chi connectivity index (χ3v) is 4.27. The van der Waals surface area contributed by atoms with Crippen molar-refractivity contribution in [2.24, 2.45) is 0 Å². The molecule has 1 N–H and O–H groups in total. The average molecular weight is 385 g/mol. The summed E-state index contributed by atoms with van der Waals surface area (Å²) in [6, 6.07) is 8.71. The summed E-state index contributed by atoms with van der Waals surface area (Å²) in [5.41, 5.74) is 2.30. The van der Waals surface area contributed by atoms with Gasteiger partial charge in [-0.05, 0) is 55.1 Å². The molecular formula is C15H20IN3O. The van der Waals surface area contributed by atoms with Crippen LogP contribution in [0.15, 0.2) is 30.5 Å². The van der Waals surface area contributed by atoms with E-state index in [0.29, 0.717) is 0 Å². The van der Waals surface area contributed by atoms with Gasteiger partial charge in [0.2, 0.25) is 0 Å². The third kappa shape index (κ3) is 2.83. The molecule has 1 unspecified atom stereocenters. The maximum atomic E-state index is 5.49. The largest absolute Gasteiger partial charge is 0.493 e. The Balaban J connectivity index is 2.57. The summed E-state index contributed by atoms with van der Waals surface area (Å²) >= 11 is 2.37. The molecule has 1 heterocycles. The van der Waals surface area contributed by atoms with Crippen molar-refractivity contribution in [1.82, 2.24) is 15.1 Å². The minimum absolute atomic E-state index is 0.0583. The standard InChI is InChI=1S/C15H20IN3O/c1-10(2)19-15(13(20-4)9-18-19)14(17-3)11-7-5-6-8-12(11)16/h5-10,14,17H,1-4H3. The number of halogens is 1. The molecule has 0 amide bonds. The number of methoxy groups -OCH3 is 1. The van der Waals surface area contributed by atoms with Crippen molar-refractivity contribution in [3.05, 3.63) is 45.3 Å². The smallest absolute Gasteiger partial charge is 0.161 e. The van der Waals surface area contributed by atoms with Gasteiger partial charge in [-0.15, -0.1) is 0 Å². The van der Waals surface area contributed by atoms with Crippen LogP contribution in [0, 0.1) is 3.57 Å².